The molecule has 0 unspecified atom stereocenters. The SMILES string of the molecule is NS(=O)(=O)c1cccc(NC(=O)C2=NNC(=O)CC2)c1. The van der Waals surface area contributed by atoms with E-state index in [4.69, 9.17) is 5.14 Å². The molecule has 0 atom stereocenters. The van der Waals surface area contributed by atoms with Gasteiger partial charge in [0, 0.05) is 18.5 Å². The molecule has 0 bridgehead atoms. The fraction of sp³-hybridized carbons (Fsp3) is 0.182. The molecule has 2 amide bonds. The number of hydrazone groups is 1. The van der Waals surface area contributed by atoms with Gasteiger partial charge in [-0.1, -0.05) is 6.07 Å². The van der Waals surface area contributed by atoms with Crippen LogP contribution in [0.2, 0.25) is 0 Å². The molecule has 9 heteroatoms. The maximum atomic E-state index is 11.9. The van der Waals surface area contributed by atoms with Crippen molar-refractivity contribution in [1.82, 2.24) is 5.43 Å². The summed E-state index contributed by atoms with van der Waals surface area (Å²) in [6.45, 7) is 0. The second-order valence-electron chi connectivity index (χ2n) is 4.12. The molecule has 4 N–H and O–H groups in total. The first-order valence-electron chi connectivity index (χ1n) is 5.66. The number of hydrogen-bond donors (Lipinski definition) is 3. The van der Waals surface area contributed by atoms with Crippen molar-refractivity contribution in [2.75, 3.05) is 5.32 Å². The van der Waals surface area contributed by atoms with Crippen LogP contribution in [0.5, 0.6) is 0 Å². The third-order valence-electron chi connectivity index (χ3n) is 2.59. The number of amides is 2. The number of benzene rings is 1. The molecule has 1 heterocycles. The van der Waals surface area contributed by atoms with Crippen molar-refractivity contribution in [3.8, 4) is 0 Å². The summed E-state index contributed by atoms with van der Waals surface area (Å²) < 4.78 is 22.4. The van der Waals surface area contributed by atoms with Crippen LogP contribution < -0.4 is 15.9 Å². The molecule has 0 saturated heterocycles. The summed E-state index contributed by atoms with van der Waals surface area (Å²) >= 11 is 0. The summed E-state index contributed by atoms with van der Waals surface area (Å²) in [6.07, 6.45) is 0.413. The molecule has 0 radical (unpaired) electrons. The van der Waals surface area contributed by atoms with Gasteiger partial charge in [0.05, 0.1) is 4.90 Å². The minimum atomic E-state index is -3.83. The molecule has 0 aliphatic carbocycles. The third kappa shape index (κ3) is 3.39. The highest BCUT2D eigenvalue weighted by Gasteiger charge is 2.18. The molecule has 1 aliphatic rings. The van der Waals surface area contributed by atoms with Crippen molar-refractivity contribution in [2.24, 2.45) is 10.2 Å². The highest BCUT2D eigenvalue weighted by atomic mass is 32.2. The lowest BCUT2D eigenvalue weighted by Crippen LogP contribution is -2.32. The Hall–Kier alpha value is -2.26. The number of nitrogens with zero attached hydrogens (tertiary/aromatic N) is 1. The molecule has 1 aromatic carbocycles. The maximum absolute atomic E-state index is 11.9. The summed E-state index contributed by atoms with van der Waals surface area (Å²) in [5.74, 6) is -0.755. The van der Waals surface area contributed by atoms with Crippen molar-refractivity contribution >= 4 is 33.2 Å². The average molecular weight is 296 g/mol. The van der Waals surface area contributed by atoms with Gasteiger partial charge < -0.3 is 5.32 Å². The summed E-state index contributed by atoms with van der Waals surface area (Å²) in [6, 6.07) is 5.55. The molecule has 0 aromatic heterocycles. The van der Waals surface area contributed by atoms with Gasteiger partial charge in [-0.2, -0.15) is 5.10 Å². The fourth-order valence-electron chi connectivity index (χ4n) is 1.59. The van der Waals surface area contributed by atoms with Crippen LogP contribution in [0.25, 0.3) is 0 Å². The van der Waals surface area contributed by atoms with Gasteiger partial charge >= 0.3 is 0 Å². The van der Waals surface area contributed by atoms with E-state index in [1.54, 1.807) is 0 Å². The van der Waals surface area contributed by atoms with Crippen LogP contribution >= 0.6 is 0 Å². The average Bonchev–Trinajstić information content (AvgIpc) is 2.38. The second-order valence-corrected chi connectivity index (χ2v) is 5.68. The van der Waals surface area contributed by atoms with Crippen LogP contribution in [-0.2, 0) is 19.6 Å². The normalized spacial score (nSPS) is 15.2. The number of rotatable bonds is 3. The van der Waals surface area contributed by atoms with Crippen molar-refractivity contribution in [2.45, 2.75) is 17.7 Å². The molecule has 0 fully saturated rings. The Kier molecular flexibility index (Phi) is 3.81. The number of primary sulfonamides is 1. The smallest absolute Gasteiger partial charge is 0.271 e. The third-order valence-corrected chi connectivity index (χ3v) is 3.50. The lowest BCUT2D eigenvalue weighted by Gasteiger charge is -2.12. The molecule has 0 spiro atoms. The number of carbonyl (C=O) groups excluding carboxylic acids is 2. The van der Waals surface area contributed by atoms with Gasteiger partial charge in [0.15, 0.2) is 0 Å². The number of anilines is 1. The largest absolute Gasteiger partial charge is 0.321 e. The van der Waals surface area contributed by atoms with Gasteiger partial charge in [0.2, 0.25) is 15.9 Å². The zero-order valence-corrected chi connectivity index (χ0v) is 11.1. The van der Waals surface area contributed by atoms with Crippen LogP contribution in [0.15, 0.2) is 34.3 Å². The zero-order valence-electron chi connectivity index (χ0n) is 10.3. The van der Waals surface area contributed by atoms with Gasteiger partial charge in [0.1, 0.15) is 5.71 Å². The molecule has 106 valence electrons. The lowest BCUT2D eigenvalue weighted by atomic mass is 10.1. The predicted molar refractivity (Wildman–Crippen MR) is 71.3 cm³/mol. The van der Waals surface area contributed by atoms with E-state index >= 15 is 0 Å². The minimum Gasteiger partial charge on any atom is -0.321 e. The zero-order chi connectivity index (χ0) is 14.8. The number of nitrogens with one attached hydrogen (secondary N) is 2. The quantitative estimate of drug-likeness (QED) is 0.696. The minimum absolute atomic E-state index is 0.103. The second kappa shape index (κ2) is 5.39. The molecule has 1 aliphatic heterocycles. The fourth-order valence-corrected chi connectivity index (χ4v) is 2.15. The maximum Gasteiger partial charge on any atom is 0.271 e. The first kappa shape index (κ1) is 14.2. The Labute approximate surface area is 115 Å². The van der Waals surface area contributed by atoms with E-state index in [9.17, 15) is 18.0 Å². The van der Waals surface area contributed by atoms with E-state index in [1.165, 1.54) is 24.3 Å². The molecule has 1 aromatic rings. The van der Waals surface area contributed by atoms with Gasteiger partial charge in [-0.15, -0.1) is 0 Å². The predicted octanol–water partition coefficient (Wildman–Crippen LogP) is -0.462. The highest BCUT2D eigenvalue weighted by Crippen LogP contribution is 2.14. The number of hydrogen-bond acceptors (Lipinski definition) is 5. The van der Waals surface area contributed by atoms with Gasteiger partial charge in [0.25, 0.3) is 5.91 Å². The first-order chi connectivity index (χ1) is 9.36. The standard InChI is InChI=1S/C11H12N4O4S/c12-20(18,19)8-3-1-2-7(6-8)13-11(17)9-4-5-10(16)15-14-9/h1-3,6H,4-5H2,(H,13,17)(H,15,16)(H2,12,18,19). The van der Waals surface area contributed by atoms with E-state index in [2.05, 4.69) is 15.8 Å². The van der Waals surface area contributed by atoms with E-state index in [1.807, 2.05) is 0 Å². The summed E-state index contributed by atoms with van der Waals surface area (Å²) in [5.41, 5.74) is 2.66. The van der Waals surface area contributed by atoms with Crippen LogP contribution in [0.1, 0.15) is 12.8 Å². The number of carbonyl (C=O) groups is 2. The van der Waals surface area contributed by atoms with Crippen LogP contribution in [-0.4, -0.2) is 25.9 Å². The summed E-state index contributed by atoms with van der Waals surface area (Å²) in [5, 5.41) is 11.1. The Balaban J connectivity index is 2.14. The van der Waals surface area contributed by atoms with E-state index in [0.29, 0.717) is 0 Å². The van der Waals surface area contributed by atoms with Crippen molar-refractivity contribution < 1.29 is 18.0 Å². The Morgan fingerprint density at radius 3 is 2.70 bits per heavy atom. The van der Waals surface area contributed by atoms with Crippen LogP contribution in [0.3, 0.4) is 0 Å². The van der Waals surface area contributed by atoms with Crippen molar-refractivity contribution in [1.29, 1.82) is 0 Å². The highest BCUT2D eigenvalue weighted by molar-refractivity contribution is 7.89. The van der Waals surface area contributed by atoms with Gasteiger partial charge in [-0.25, -0.2) is 19.0 Å². The molecular formula is C11H12N4O4S. The van der Waals surface area contributed by atoms with E-state index in [-0.39, 0.29) is 35.0 Å². The summed E-state index contributed by atoms with van der Waals surface area (Å²) in [7, 11) is -3.83. The Morgan fingerprint density at radius 2 is 2.10 bits per heavy atom. The molecule has 20 heavy (non-hydrogen) atoms. The first-order valence-corrected chi connectivity index (χ1v) is 7.20. The van der Waals surface area contributed by atoms with Crippen molar-refractivity contribution in [3.05, 3.63) is 24.3 Å². The number of nitrogens with two attached hydrogens (primary N) is 1. The Morgan fingerprint density at radius 1 is 1.35 bits per heavy atom. The molecule has 8 nitrogen and oxygen atoms in total. The van der Waals surface area contributed by atoms with Crippen LogP contribution in [0.4, 0.5) is 5.69 Å². The van der Waals surface area contributed by atoms with E-state index < -0.39 is 15.9 Å². The van der Waals surface area contributed by atoms with Gasteiger partial charge in [-0.3, -0.25) is 9.59 Å². The molecule has 2 rings (SSSR count). The molecule has 0 saturated carbocycles. The number of sulfonamides is 1. The lowest BCUT2D eigenvalue weighted by molar-refractivity contribution is -0.121. The topological polar surface area (TPSA) is 131 Å². The summed E-state index contributed by atoms with van der Waals surface area (Å²) in [4.78, 5) is 22.7. The monoisotopic (exact) mass is 296 g/mol. The van der Waals surface area contributed by atoms with Gasteiger partial charge in [-0.05, 0) is 18.2 Å². The Bertz CT molecular complexity index is 696. The molecular weight excluding hydrogens is 284 g/mol. The van der Waals surface area contributed by atoms with Crippen LogP contribution in [0, 0.1) is 0 Å². The van der Waals surface area contributed by atoms with Crippen molar-refractivity contribution in [3.63, 3.8) is 0 Å². The van der Waals surface area contributed by atoms with E-state index in [0.717, 1.165) is 0 Å².